The number of unbranched alkanes of at least 4 members (excludes halogenated alkanes) is 7. The Labute approximate surface area is 697 Å². The van der Waals surface area contributed by atoms with Gasteiger partial charge in [0.15, 0.2) is 35.1 Å². The van der Waals surface area contributed by atoms with Crippen molar-refractivity contribution >= 4 is 76.5 Å². The molecule has 21 N–H and O–H groups in total. The van der Waals surface area contributed by atoms with Crippen LogP contribution in [0.4, 0.5) is 0 Å². The fourth-order valence-corrected chi connectivity index (χ4v) is 15.5. The van der Waals surface area contributed by atoms with E-state index < -0.39 is 271 Å². The van der Waals surface area contributed by atoms with Crippen molar-refractivity contribution in [2.75, 3.05) is 13.7 Å². The van der Waals surface area contributed by atoms with E-state index in [1.165, 1.54) is 49.5 Å². The van der Waals surface area contributed by atoms with Crippen molar-refractivity contribution in [1.29, 1.82) is 0 Å². The average molecular weight is 1720 g/mol. The zero-order valence-corrected chi connectivity index (χ0v) is 65.8. The van der Waals surface area contributed by atoms with Crippen LogP contribution in [-0.4, -0.2) is 207 Å². The SMILES string of the molecule is CCCCCCCCCCC(=O)N[C@H]1[C@H](Oc2c3cc4cc2Oc2ccc(cc2Cl)[C@@H](O)[C@@H]2NC(=O)[C@H](NC(=O)[C@@H]4NC(=O)[C@H]4NC(=O)[C@@H](Cc5ccc(cc5)O3)NC(=O)[C@@H](NC)c3ccc(O)c(c3)Oc3cc(O)c(Cl)c4c3)c3ccc(O)c(c3)-c3c(O[C@H]4O[C@H](CO)[C@@H](O)[C@H](O)[C@@H]4O)cc(O)cc3[C@@H](C(=O)O)NC2=O)O[C@H](C(=O)O)[C@@H](O)[C@@H]1O. The first kappa shape index (κ1) is 87.0. The van der Waals surface area contributed by atoms with Gasteiger partial charge in [-0.15, -0.1) is 0 Å². The Kier molecular flexibility index (Phi) is 26.6. The van der Waals surface area contributed by atoms with Crippen molar-refractivity contribution in [3.05, 3.63) is 164 Å². The third-order valence-electron chi connectivity index (χ3n) is 21.5. The summed E-state index contributed by atoms with van der Waals surface area (Å²) < 4.78 is 43.9. The summed E-state index contributed by atoms with van der Waals surface area (Å²) in [6, 6.07) is 4.41. The van der Waals surface area contributed by atoms with Crippen LogP contribution < -0.4 is 66.2 Å². The highest BCUT2D eigenvalue weighted by Gasteiger charge is 2.52. The van der Waals surface area contributed by atoms with Gasteiger partial charge in [0.1, 0.15) is 125 Å². The van der Waals surface area contributed by atoms with Crippen LogP contribution in [0.1, 0.15) is 140 Å². The van der Waals surface area contributed by atoms with E-state index in [4.69, 9.17) is 56.4 Å². The van der Waals surface area contributed by atoms with Crippen molar-refractivity contribution in [3.63, 3.8) is 0 Å². The second kappa shape index (κ2) is 37.0. The molecule has 37 nitrogen and oxygen atoms in total. The Hall–Kier alpha value is -11.8. The molecule has 2 fully saturated rings. The Bertz CT molecular complexity index is 5160. The minimum atomic E-state index is -2.47. The maximum Gasteiger partial charge on any atom is 0.335 e. The second-order valence-electron chi connectivity index (χ2n) is 29.8. The Balaban J connectivity index is 1.04. The quantitative estimate of drug-likeness (QED) is 0.0541. The van der Waals surface area contributed by atoms with Crippen molar-refractivity contribution in [3.8, 4) is 80.1 Å². The molecule has 15 rings (SSSR count). The zero-order valence-electron chi connectivity index (χ0n) is 64.2. The number of hydrogen-bond acceptors (Lipinski definition) is 28. The number of benzene rings is 7. The molecule has 2 saturated heterocycles. The topological polar surface area (TPSA) is 577 Å². The largest absolute Gasteiger partial charge is 0.508 e. The standard InChI is InChI=1S/C82H86Cl2N8O29/c1-3-4-5-6-7-8-9-10-11-55(98)87-64-67(101)69(103)72(80(113)114)121-81(64)120-71-52-26-37-27-53(71)117-49-21-16-36(24-44(49)83)65(99)63-78(110)91-62(79(111)112)42-28-38(94)29-51(118-82-70(104)68(102)66(100)54(32-93)119-82)56(42)41-23-34(14-19-46(41)95)59(75(107)92-63)88-76(108)60(37)89-77(109)61-43-30-40(31-48(97)57(43)84)116-50-25-35(15-20-47(50)96)58(85-2)74(106)86-45(73(105)90-61)22-33-12-17-39(115-52)18-13-33/h12-21,23-31,45,54,58-70,72,81-82,85,93-97,99-104H,3-11,22,32H2,1-2H3,(H,86,106)(H,87,98)(H,88,108)(H,89,109)(H,90,105)(H,91,110)(H,92,107)(H,111,112)(H,113,114)/t45-,54-,58+,59-,60-,61+,62+,63+,64-,65-,66-,67-,68+,69+,70+,72+,81-,82+/m1/s1. The third kappa shape index (κ3) is 18.7. The molecule has 39 heteroatoms. The number of rotatable bonds is 18. The lowest BCUT2D eigenvalue weighted by Gasteiger charge is -2.41. The first-order valence-electron chi connectivity index (χ1n) is 38.6. The summed E-state index contributed by atoms with van der Waals surface area (Å²) in [6.07, 6.45) is -15.2. The number of hydrogen-bond donors (Lipinski definition) is 21. The van der Waals surface area contributed by atoms with Gasteiger partial charge in [0.2, 0.25) is 59.7 Å². The van der Waals surface area contributed by atoms with E-state index in [2.05, 4.69) is 49.5 Å². The number of carboxylic acid groups (broad SMARTS) is 2. The van der Waals surface area contributed by atoms with Crippen LogP contribution in [0.25, 0.3) is 11.1 Å². The Morgan fingerprint density at radius 1 is 0.521 bits per heavy atom. The summed E-state index contributed by atoms with van der Waals surface area (Å²) in [4.78, 5) is 136. The predicted octanol–water partition coefficient (Wildman–Crippen LogP) is 3.94. The Morgan fingerprint density at radius 3 is 1.84 bits per heavy atom. The summed E-state index contributed by atoms with van der Waals surface area (Å²) in [6.45, 7) is 1.09. The van der Waals surface area contributed by atoms with Gasteiger partial charge in [-0.2, -0.15) is 0 Å². The Morgan fingerprint density at radius 2 is 1.16 bits per heavy atom. The molecule has 0 aliphatic carbocycles. The number of carboxylic acids is 2. The van der Waals surface area contributed by atoms with Gasteiger partial charge in [-0.05, 0) is 114 Å². The number of phenolic OH excluding ortho intramolecular Hbond substituents is 4. The number of carbonyl (C=O) groups excluding carboxylic acids is 7. The van der Waals surface area contributed by atoms with E-state index in [0.29, 0.717) is 12.8 Å². The van der Waals surface area contributed by atoms with Crippen LogP contribution in [0.3, 0.4) is 0 Å². The van der Waals surface area contributed by atoms with Gasteiger partial charge >= 0.3 is 11.9 Å². The molecule has 17 bridgehead atoms. The highest BCUT2D eigenvalue weighted by molar-refractivity contribution is 6.33. The minimum Gasteiger partial charge on any atom is -0.508 e. The highest BCUT2D eigenvalue weighted by atomic mass is 35.5. The second-order valence-corrected chi connectivity index (χ2v) is 30.5. The number of nitrogens with one attached hydrogen (secondary N) is 8. The third-order valence-corrected chi connectivity index (χ3v) is 22.2. The fourth-order valence-electron chi connectivity index (χ4n) is 15.1. The van der Waals surface area contributed by atoms with Crippen LogP contribution in [0.5, 0.6) is 69.0 Å². The molecule has 642 valence electrons. The van der Waals surface area contributed by atoms with Crippen LogP contribution in [-0.2, 0) is 59.0 Å². The molecule has 0 aromatic heterocycles. The summed E-state index contributed by atoms with van der Waals surface area (Å²) in [5, 5.41) is 167. The van der Waals surface area contributed by atoms with E-state index in [1.807, 2.05) is 0 Å². The average Bonchev–Trinajstić information content (AvgIpc) is 0.749. The predicted molar refractivity (Wildman–Crippen MR) is 419 cm³/mol. The lowest BCUT2D eigenvalue weighted by molar-refractivity contribution is -0.277. The highest BCUT2D eigenvalue weighted by Crippen LogP contribution is 2.50. The number of ether oxygens (including phenoxy) is 7. The maximum atomic E-state index is 16.7. The molecule has 7 aromatic carbocycles. The molecule has 0 spiro atoms. The molecule has 0 saturated carbocycles. The normalized spacial score (nSPS) is 26.6. The first-order valence-corrected chi connectivity index (χ1v) is 39.3. The van der Waals surface area contributed by atoms with Crippen molar-refractivity contribution in [2.45, 2.75) is 181 Å². The van der Waals surface area contributed by atoms with Crippen LogP contribution in [0.15, 0.2) is 115 Å². The van der Waals surface area contributed by atoms with E-state index in [-0.39, 0.29) is 40.4 Å². The number of halogens is 2. The summed E-state index contributed by atoms with van der Waals surface area (Å²) in [5.74, 6) is -19.5. The van der Waals surface area contributed by atoms with E-state index in [9.17, 15) is 85.6 Å². The number of likely N-dealkylation sites (N-methyl/N-ethyl adjacent to an activating group) is 1. The van der Waals surface area contributed by atoms with Crippen LogP contribution in [0.2, 0.25) is 10.0 Å². The van der Waals surface area contributed by atoms with Gasteiger partial charge in [-0.3, -0.25) is 33.6 Å². The zero-order chi connectivity index (χ0) is 86.7. The van der Waals surface area contributed by atoms with Gasteiger partial charge in [0, 0.05) is 47.2 Å². The van der Waals surface area contributed by atoms with Crippen molar-refractivity contribution in [1.82, 2.24) is 42.5 Å². The van der Waals surface area contributed by atoms with Gasteiger partial charge in [-0.25, -0.2) is 9.59 Å². The molecule has 7 amide bonds. The minimum absolute atomic E-state index is 0.150. The van der Waals surface area contributed by atoms with Gasteiger partial charge < -0.3 is 142 Å². The van der Waals surface area contributed by atoms with Gasteiger partial charge in [-0.1, -0.05) is 105 Å². The van der Waals surface area contributed by atoms with Gasteiger partial charge in [0.05, 0.1) is 16.7 Å². The van der Waals surface area contributed by atoms with E-state index in [0.717, 1.165) is 111 Å². The molecule has 18 atom stereocenters. The van der Waals surface area contributed by atoms with Crippen molar-refractivity contribution in [2.24, 2.45) is 0 Å². The van der Waals surface area contributed by atoms with Crippen LogP contribution in [0, 0.1) is 0 Å². The molecular formula is C82H86Cl2N8O29. The number of aliphatic hydroxyl groups is 7. The summed E-state index contributed by atoms with van der Waals surface area (Å²) in [5.41, 5.74) is -3.28. The smallest absolute Gasteiger partial charge is 0.335 e. The molecule has 0 unspecified atom stereocenters. The molecule has 121 heavy (non-hydrogen) atoms. The number of phenols is 4. The molecule has 7 aromatic rings. The monoisotopic (exact) mass is 1720 g/mol. The van der Waals surface area contributed by atoms with Gasteiger partial charge in [0.25, 0.3) is 0 Å². The molecule has 8 aliphatic rings. The maximum absolute atomic E-state index is 16.7. The number of aliphatic carboxylic acids is 2. The molecule has 8 heterocycles. The summed E-state index contributed by atoms with van der Waals surface area (Å²) in [7, 11) is 1.42. The van der Waals surface area contributed by atoms with Crippen LogP contribution >= 0.6 is 23.2 Å². The molecular weight excluding hydrogens is 1630 g/mol. The number of aliphatic hydroxyl groups excluding tert-OH is 7. The molecule has 0 radical (unpaired) electrons. The number of amides is 7. The number of aromatic hydroxyl groups is 4. The lowest BCUT2D eigenvalue weighted by atomic mass is 9.89. The number of fused-ring (bicyclic) bond motifs is 14. The van der Waals surface area contributed by atoms with E-state index >= 15 is 24.0 Å². The summed E-state index contributed by atoms with van der Waals surface area (Å²) >= 11 is 14.2. The number of carbonyl (C=O) groups is 9. The first-order chi connectivity index (χ1) is 57.8. The van der Waals surface area contributed by atoms with E-state index in [1.54, 1.807) is 0 Å². The molecule has 8 aliphatic heterocycles. The lowest BCUT2D eigenvalue weighted by Crippen LogP contribution is -2.66. The van der Waals surface area contributed by atoms with Crippen molar-refractivity contribution < 1.29 is 143 Å². The fraction of sp³-hybridized carbons (Fsp3) is 0.378.